The highest BCUT2D eigenvalue weighted by atomic mass is 16.5. The van der Waals surface area contributed by atoms with Gasteiger partial charge in [0, 0.05) is 30.1 Å². The van der Waals surface area contributed by atoms with E-state index in [1.54, 1.807) is 6.20 Å². The first-order chi connectivity index (χ1) is 28.4. The number of benzene rings is 1. The molecular weight excluding hydrogens is 767 g/mol. The lowest BCUT2D eigenvalue weighted by atomic mass is 10.00. The lowest BCUT2D eigenvalue weighted by molar-refractivity contribution is -0.155. The number of fused-ring (bicyclic) bond motifs is 2. The summed E-state index contributed by atoms with van der Waals surface area (Å²) in [5, 5.41) is 14.8. The van der Waals surface area contributed by atoms with Crippen molar-refractivity contribution < 1.29 is 38.3 Å². The summed E-state index contributed by atoms with van der Waals surface area (Å²) in [6.45, 7) is 15.2. The second kappa shape index (κ2) is 22.6. The summed E-state index contributed by atoms with van der Waals surface area (Å²) >= 11 is 0. The van der Waals surface area contributed by atoms with Crippen molar-refractivity contribution >= 4 is 52.3 Å². The number of amides is 6. The predicted octanol–water partition coefficient (Wildman–Crippen LogP) is 4.18. The van der Waals surface area contributed by atoms with Crippen LogP contribution >= 0.6 is 0 Å². The van der Waals surface area contributed by atoms with Gasteiger partial charge < -0.3 is 41.2 Å². The van der Waals surface area contributed by atoms with Crippen LogP contribution in [0, 0.1) is 17.8 Å². The molecule has 1 aromatic heterocycles. The number of esters is 1. The van der Waals surface area contributed by atoms with Crippen LogP contribution in [0.2, 0.25) is 0 Å². The Morgan fingerprint density at radius 3 is 2.03 bits per heavy atom. The third-order valence-electron chi connectivity index (χ3n) is 11.2. The lowest BCUT2D eigenvalue weighted by Gasteiger charge is -2.31. The standard InChI is InChI=1S/C45H69N7O8/c1-26(2)15-10-9-11-16-32-24-39(53)47-29(7)40(54)48-30(8)41(55)50-36(22-28(5)6)44(58)52-20-14-19-38(52)43(57)49-35(21-27(3)4)42(56)51-37(45(59)60-32)23-31-25-46-34-18-13-12-17-33(31)34/h12-13,17-18,25-30,32,35-38,46H,9-11,14-16,19-24H2,1-8H3,(H,47,53)(H,48,54)(H,49,57)(H,50,55)(H,51,56)/t29-,30-,32?,35-,36+,37+,38+/m1/s1. The van der Waals surface area contributed by atoms with E-state index in [0.29, 0.717) is 31.6 Å². The van der Waals surface area contributed by atoms with Gasteiger partial charge in [-0.1, -0.05) is 79.0 Å². The van der Waals surface area contributed by atoms with E-state index in [-0.39, 0.29) is 44.1 Å². The Kier molecular flexibility index (Phi) is 18.0. The number of nitrogens with one attached hydrogen (secondary N) is 6. The predicted molar refractivity (Wildman–Crippen MR) is 229 cm³/mol. The summed E-state index contributed by atoms with van der Waals surface area (Å²) in [7, 11) is 0. The van der Waals surface area contributed by atoms with Crippen LogP contribution in [0.4, 0.5) is 0 Å². The number of aromatic amines is 1. The second-order valence-corrected chi connectivity index (χ2v) is 18.0. The fraction of sp³-hybridized carbons (Fsp3) is 0.667. The topological polar surface area (TPSA) is 208 Å². The number of rotatable bonds is 12. The van der Waals surface area contributed by atoms with E-state index >= 15 is 0 Å². The van der Waals surface area contributed by atoms with Gasteiger partial charge in [0.25, 0.3) is 0 Å². The van der Waals surface area contributed by atoms with Crippen LogP contribution in [0.3, 0.4) is 0 Å². The van der Waals surface area contributed by atoms with Crippen molar-refractivity contribution in [3.05, 3.63) is 36.0 Å². The molecule has 0 saturated carbocycles. The van der Waals surface area contributed by atoms with Gasteiger partial charge in [-0.25, -0.2) is 4.79 Å². The molecule has 0 spiro atoms. The number of aromatic nitrogens is 1. The number of para-hydroxylation sites is 1. The zero-order chi connectivity index (χ0) is 44.1. The van der Waals surface area contributed by atoms with Gasteiger partial charge in [0.15, 0.2) is 0 Å². The molecule has 0 aliphatic carbocycles. The van der Waals surface area contributed by atoms with Crippen LogP contribution in [-0.2, 0) is 44.7 Å². The quantitative estimate of drug-likeness (QED) is 0.135. The molecule has 0 radical (unpaired) electrons. The zero-order valence-electron chi connectivity index (χ0n) is 36.9. The fourth-order valence-electron chi connectivity index (χ4n) is 7.98. The van der Waals surface area contributed by atoms with Crippen molar-refractivity contribution in [3.8, 4) is 0 Å². The molecule has 15 nitrogen and oxygen atoms in total. The van der Waals surface area contributed by atoms with Crippen molar-refractivity contribution in [3.63, 3.8) is 0 Å². The summed E-state index contributed by atoms with van der Waals surface area (Å²) < 4.78 is 6.11. The van der Waals surface area contributed by atoms with Gasteiger partial charge in [0.05, 0.1) is 6.42 Å². The molecule has 2 saturated heterocycles. The SMILES string of the molecule is CC(C)CCCCCC1CC(=O)N[C@H](C)C(=O)N[C@H](C)C(=O)N[C@@H](CC(C)C)C(=O)N2CCC[C@H]2C(=O)N[C@H](CC(C)C)C(=O)N[C@@H](Cc2c[nH]c3ccccc23)C(=O)O1. The number of nitrogens with zero attached hydrogens (tertiary/aromatic N) is 1. The summed E-state index contributed by atoms with van der Waals surface area (Å²) in [5.74, 6) is -3.50. The average molecular weight is 836 g/mol. The van der Waals surface area contributed by atoms with Gasteiger partial charge in [0.1, 0.15) is 42.4 Å². The number of H-pyrrole nitrogens is 1. The number of hydrogen-bond acceptors (Lipinski definition) is 8. The number of ether oxygens (including phenoxy) is 1. The molecule has 2 aliphatic heterocycles. The fourth-order valence-corrected chi connectivity index (χ4v) is 7.98. The van der Waals surface area contributed by atoms with Crippen molar-refractivity contribution in [2.45, 2.75) is 168 Å². The minimum absolute atomic E-state index is 0.000280. The highest BCUT2D eigenvalue weighted by Crippen LogP contribution is 2.23. The number of cyclic esters (lactones) is 1. The number of carbonyl (C=O) groups excluding carboxylic acids is 7. The first kappa shape index (κ1) is 47.7. The smallest absolute Gasteiger partial charge is 0.329 e. The third kappa shape index (κ3) is 14.1. The molecule has 332 valence electrons. The van der Waals surface area contributed by atoms with Crippen molar-refractivity contribution in [1.82, 2.24) is 36.5 Å². The van der Waals surface area contributed by atoms with Crippen molar-refractivity contribution in [2.75, 3.05) is 6.54 Å². The molecule has 60 heavy (non-hydrogen) atoms. The molecule has 3 heterocycles. The molecule has 1 aromatic carbocycles. The molecule has 4 rings (SSSR count). The van der Waals surface area contributed by atoms with Crippen LogP contribution in [0.25, 0.3) is 10.9 Å². The van der Waals surface area contributed by atoms with E-state index in [1.165, 1.54) is 18.7 Å². The molecule has 0 bridgehead atoms. The van der Waals surface area contributed by atoms with E-state index in [1.807, 2.05) is 52.0 Å². The number of unbranched alkanes of at least 4 members (excludes halogenated alkanes) is 2. The highest BCUT2D eigenvalue weighted by Gasteiger charge is 2.40. The molecule has 2 fully saturated rings. The van der Waals surface area contributed by atoms with Gasteiger partial charge in [-0.2, -0.15) is 0 Å². The van der Waals surface area contributed by atoms with Gasteiger partial charge in [-0.3, -0.25) is 28.8 Å². The monoisotopic (exact) mass is 836 g/mol. The first-order valence-electron chi connectivity index (χ1n) is 22.0. The third-order valence-corrected chi connectivity index (χ3v) is 11.2. The Morgan fingerprint density at radius 2 is 1.33 bits per heavy atom. The van der Waals surface area contributed by atoms with Crippen LogP contribution in [0.15, 0.2) is 30.5 Å². The molecular formula is C45H69N7O8. The molecule has 6 amide bonds. The van der Waals surface area contributed by atoms with Crippen LogP contribution in [-0.4, -0.2) is 100 Å². The van der Waals surface area contributed by atoms with E-state index in [0.717, 1.165) is 35.7 Å². The summed E-state index contributed by atoms with van der Waals surface area (Å²) in [4.78, 5) is 102. The Bertz CT molecular complexity index is 1810. The summed E-state index contributed by atoms with van der Waals surface area (Å²) in [6.07, 6.45) is 6.11. The van der Waals surface area contributed by atoms with Crippen LogP contribution < -0.4 is 26.6 Å². The van der Waals surface area contributed by atoms with Gasteiger partial charge in [-0.05, 0) is 81.8 Å². The Labute approximate surface area is 355 Å². The van der Waals surface area contributed by atoms with E-state index in [4.69, 9.17) is 4.74 Å². The van der Waals surface area contributed by atoms with E-state index in [2.05, 4.69) is 45.4 Å². The zero-order valence-corrected chi connectivity index (χ0v) is 36.9. The molecule has 2 aromatic rings. The Morgan fingerprint density at radius 1 is 0.700 bits per heavy atom. The number of carbonyl (C=O) groups is 7. The lowest BCUT2D eigenvalue weighted by Crippen LogP contribution is -2.59. The molecule has 2 aliphatic rings. The van der Waals surface area contributed by atoms with E-state index < -0.39 is 83.8 Å². The highest BCUT2D eigenvalue weighted by molar-refractivity contribution is 5.97. The summed E-state index contributed by atoms with van der Waals surface area (Å²) in [6, 6.07) is 1.39. The van der Waals surface area contributed by atoms with Crippen LogP contribution in [0.1, 0.15) is 125 Å². The van der Waals surface area contributed by atoms with Gasteiger partial charge in [-0.15, -0.1) is 0 Å². The average Bonchev–Trinajstić information content (AvgIpc) is 3.83. The number of hydrogen-bond donors (Lipinski definition) is 6. The van der Waals surface area contributed by atoms with Crippen LogP contribution in [0.5, 0.6) is 0 Å². The van der Waals surface area contributed by atoms with Gasteiger partial charge in [0.2, 0.25) is 35.4 Å². The van der Waals surface area contributed by atoms with Crippen molar-refractivity contribution in [2.24, 2.45) is 17.8 Å². The largest absolute Gasteiger partial charge is 0.460 e. The molecule has 15 heteroatoms. The van der Waals surface area contributed by atoms with Crippen molar-refractivity contribution in [1.29, 1.82) is 0 Å². The summed E-state index contributed by atoms with van der Waals surface area (Å²) in [5.41, 5.74) is 1.61. The normalized spacial score (nSPS) is 25.9. The minimum atomic E-state index is -1.19. The second-order valence-electron chi connectivity index (χ2n) is 18.0. The molecule has 1 unspecified atom stereocenters. The minimum Gasteiger partial charge on any atom is -0.460 e. The maximum atomic E-state index is 14.3. The Hall–Kier alpha value is -4.95. The Balaban J connectivity index is 1.71. The molecule has 6 N–H and O–H groups in total. The maximum Gasteiger partial charge on any atom is 0.329 e. The van der Waals surface area contributed by atoms with Gasteiger partial charge >= 0.3 is 5.97 Å². The first-order valence-corrected chi connectivity index (χ1v) is 22.0. The maximum absolute atomic E-state index is 14.3. The van der Waals surface area contributed by atoms with E-state index in [9.17, 15) is 33.6 Å². The molecule has 7 atom stereocenters.